The molecular weight excluding hydrogens is 324 g/mol. The van der Waals surface area contributed by atoms with Crippen LogP contribution in [0.25, 0.3) is 0 Å². The van der Waals surface area contributed by atoms with Crippen LogP contribution in [0.4, 0.5) is 4.79 Å². The summed E-state index contributed by atoms with van der Waals surface area (Å²) in [7, 11) is 0. The quantitative estimate of drug-likeness (QED) is 0.820. The monoisotopic (exact) mass is 346 g/mol. The van der Waals surface area contributed by atoms with E-state index in [-0.39, 0.29) is 17.8 Å². The molecule has 2 fully saturated rings. The predicted molar refractivity (Wildman–Crippen MR) is 87.7 cm³/mol. The molecule has 3 aliphatic rings. The summed E-state index contributed by atoms with van der Waals surface area (Å²) in [6.07, 6.45) is 2.33. The maximum absolute atomic E-state index is 13.2. The minimum Gasteiger partial charge on any atom is -0.465 e. The minimum atomic E-state index is -0.466. The molecule has 1 unspecified atom stereocenters. The number of aryl methyl sites for hydroxylation is 2. The summed E-state index contributed by atoms with van der Waals surface area (Å²) in [6, 6.07) is 0. The molecule has 7 nitrogen and oxygen atoms in total. The number of amides is 2. The van der Waals surface area contributed by atoms with E-state index < -0.39 is 5.54 Å². The maximum atomic E-state index is 13.2. The van der Waals surface area contributed by atoms with Gasteiger partial charge in [-0.2, -0.15) is 0 Å². The van der Waals surface area contributed by atoms with Crippen LogP contribution in [0, 0.1) is 6.92 Å². The van der Waals surface area contributed by atoms with Gasteiger partial charge in [-0.15, -0.1) is 0 Å². The molecule has 7 heteroatoms. The zero-order valence-electron chi connectivity index (χ0n) is 14.6. The molecule has 25 heavy (non-hydrogen) atoms. The Bertz CT molecular complexity index is 768. The van der Waals surface area contributed by atoms with Gasteiger partial charge in [0.25, 0.3) is 5.91 Å². The molecule has 0 radical (unpaired) electrons. The third-order valence-corrected chi connectivity index (χ3v) is 5.74. The Labute approximate surface area is 145 Å². The Balaban J connectivity index is 1.66. The van der Waals surface area contributed by atoms with Crippen LogP contribution < -0.4 is 0 Å². The predicted octanol–water partition coefficient (Wildman–Crippen LogP) is 2.16. The fraction of sp³-hybridized carbons (Fsp3) is 0.611. The van der Waals surface area contributed by atoms with E-state index in [0.717, 1.165) is 6.42 Å². The van der Waals surface area contributed by atoms with Crippen molar-refractivity contribution in [1.29, 1.82) is 0 Å². The van der Waals surface area contributed by atoms with Crippen molar-refractivity contribution < 1.29 is 23.5 Å². The summed E-state index contributed by atoms with van der Waals surface area (Å²) >= 11 is 0. The number of ether oxygens (including phenoxy) is 1. The van der Waals surface area contributed by atoms with Crippen molar-refractivity contribution in [2.75, 3.05) is 26.2 Å². The maximum Gasteiger partial charge on any atom is 0.410 e. The number of Topliss-reactive ketones (excluding diaryl/α,β-unsaturated/α-hetero) is 1. The summed E-state index contributed by atoms with van der Waals surface area (Å²) in [4.78, 5) is 40.9. The smallest absolute Gasteiger partial charge is 0.410 e. The van der Waals surface area contributed by atoms with Gasteiger partial charge in [-0.25, -0.2) is 4.79 Å². The van der Waals surface area contributed by atoms with Crippen molar-refractivity contribution in [3.05, 3.63) is 22.6 Å². The van der Waals surface area contributed by atoms with Gasteiger partial charge in [0.2, 0.25) is 0 Å². The van der Waals surface area contributed by atoms with Gasteiger partial charge in [0.05, 0.1) is 16.7 Å². The van der Waals surface area contributed by atoms with Gasteiger partial charge in [0, 0.05) is 32.5 Å². The zero-order valence-corrected chi connectivity index (χ0v) is 14.6. The van der Waals surface area contributed by atoms with Crippen LogP contribution in [0.1, 0.15) is 58.4 Å². The van der Waals surface area contributed by atoms with Crippen molar-refractivity contribution in [2.45, 2.75) is 45.1 Å². The lowest BCUT2D eigenvalue weighted by Crippen LogP contribution is -2.62. The van der Waals surface area contributed by atoms with E-state index in [1.807, 2.05) is 6.92 Å². The molecule has 134 valence electrons. The second kappa shape index (κ2) is 5.61. The first kappa shape index (κ1) is 16.2. The molecule has 2 aliphatic heterocycles. The molecule has 4 rings (SSSR count). The van der Waals surface area contributed by atoms with Crippen LogP contribution in [-0.4, -0.2) is 59.4 Å². The Morgan fingerprint density at radius 1 is 1.24 bits per heavy atom. The topological polar surface area (TPSA) is 80.1 Å². The highest BCUT2D eigenvalue weighted by Crippen LogP contribution is 2.35. The van der Waals surface area contributed by atoms with Gasteiger partial charge in [-0.3, -0.25) is 14.5 Å². The van der Waals surface area contributed by atoms with E-state index in [2.05, 4.69) is 0 Å². The van der Waals surface area contributed by atoms with E-state index >= 15 is 0 Å². The van der Waals surface area contributed by atoms with Gasteiger partial charge < -0.3 is 14.1 Å². The lowest BCUT2D eigenvalue weighted by molar-refractivity contribution is 0.0359. The lowest BCUT2D eigenvalue weighted by Gasteiger charge is -2.44. The lowest BCUT2D eigenvalue weighted by atomic mass is 9.90. The fourth-order valence-corrected chi connectivity index (χ4v) is 4.26. The summed E-state index contributed by atoms with van der Waals surface area (Å²) in [5.41, 5.74) is 0.414. The number of ketones is 1. The normalized spacial score (nSPS) is 25.7. The highest BCUT2D eigenvalue weighted by Gasteiger charge is 2.51. The summed E-state index contributed by atoms with van der Waals surface area (Å²) in [5.74, 6) is 0.964. The Morgan fingerprint density at radius 2 is 2.04 bits per heavy atom. The molecule has 0 aromatic carbocycles. The van der Waals surface area contributed by atoms with Crippen molar-refractivity contribution in [2.24, 2.45) is 0 Å². The molecule has 3 heterocycles. The SMILES string of the molecule is CCC12COC(=O)N1CCN(C(=O)c1c(C)oc3c1C(=O)CCC3)C2. The minimum absolute atomic E-state index is 0.00957. The number of nitrogens with zero attached hydrogens (tertiary/aromatic N) is 2. The summed E-state index contributed by atoms with van der Waals surface area (Å²) < 4.78 is 10.9. The summed E-state index contributed by atoms with van der Waals surface area (Å²) in [6.45, 7) is 5.34. The molecule has 0 saturated carbocycles. The van der Waals surface area contributed by atoms with Gasteiger partial charge in [-0.05, 0) is 19.8 Å². The van der Waals surface area contributed by atoms with E-state index in [4.69, 9.17) is 9.15 Å². The zero-order chi connectivity index (χ0) is 17.8. The Kier molecular flexibility index (Phi) is 3.63. The van der Waals surface area contributed by atoms with Crippen LogP contribution in [0.2, 0.25) is 0 Å². The number of carbonyl (C=O) groups is 3. The first-order valence-electron chi connectivity index (χ1n) is 8.86. The molecule has 0 bridgehead atoms. The molecule has 1 aromatic heterocycles. The highest BCUT2D eigenvalue weighted by molar-refractivity contribution is 6.10. The van der Waals surface area contributed by atoms with Gasteiger partial charge in [-0.1, -0.05) is 6.92 Å². The van der Waals surface area contributed by atoms with Crippen LogP contribution >= 0.6 is 0 Å². The number of piperazine rings is 1. The fourth-order valence-electron chi connectivity index (χ4n) is 4.26. The number of furan rings is 1. The van der Waals surface area contributed by atoms with Crippen LogP contribution in [0.3, 0.4) is 0 Å². The van der Waals surface area contributed by atoms with E-state index in [9.17, 15) is 14.4 Å². The molecule has 0 spiro atoms. The average molecular weight is 346 g/mol. The second-order valence-corrected chi connectivity index (χ2v) is 7.12. The Hall–Kier alpha value is -2.31. The van der Waals surface area contributed by atoms with Gasteiger partial charge >= 0.3 is 6.09 Å². The number of hydrogen-bond donors (Lipinski definition) is 0. The van der Waals surface area contributed by atoms with Crippen LogP contribution in [-0.2, 0) is 11.2 Å². The van der Waals surface area contributed by atoms with Gasteiger partial charge in [0.15, 0.2) is 5.78 Å². The van der Waals surface area contributed by atoms with Crippen molar-refractivity contribution in [1.82, 2.24) is 9.80 Å². The largest absolute Gasteiger partial charge is 0.465 e. The van der Waals surface area contributed by atoms with Crippen LogP contribution in [0.15, 0.2) is 4.42 Å². The van der Waals surface area contributed by atoms with Crippen molar-refractivity contribution >= 4 is 17.8 Å². The van der Waals surface area contributed by atoms with E-state index in [1.54, 1.807) is 16.7 Å². The highest BCUT2D eigenvalue weighted by atomic mass is 16.6. The first-order chi connectivity index (χ1) is 12.0. The first-order valence-corrected chi connectivity index (χ1v) is 8.86. The Morgan fingerprint density at radius 3 is 2.80 bits per heavy atom. The van der Waals surface area contributed by atoms with Crippen LogP contribution in [0.5, 0.6) is 0 Å². The second-order valence-electron chi connectivity index (χ2n) is 7.12. The molecule has 0 N–H and O–H groups in total. The molecule has 2 saturated heterocycles. The summed E-state index contributed by atoms with van der Waals surface area (Å²) in [5, 5.41) is 0. The number of fused-ring (bicyclic) bond motifs is 2. The molecule has 2 amide bonds. The third-order valence-electron chi connectivity index (χ3n) is 5.74. The number of cyclic esters (lactones) is 1. The average Bonchev–Trinajstić information content (AvgIpc) is 3.12. The third kappa shape index (κ3) is 2.28. The van der Waals surface area contributed by atoms with E-state index in [0.29, 0.717) is 68.2 Å². The molecule has 1 atom stereocenters. The van der Waals surface area contributed by atoms with E-state index in [1.165, 1.54) is 0 Å². The standard InChI is InChI=1S/C18H22N2O5/c1-3-18-9-19(7-8-20(18)17(23)24-10-18)16(22)14-11(2)25-13-6-4-5-12(21)15(13)14/h3-10H2,1-2H3. The number of carbonyl (C=O) groups excluding carboxylic acids is 3. The van der Waals surface area contributed by atoms with Gasteiger partial charge in [0.1, 0.15) is 18.1 Å². The number of rotatable bonds is 2. The molecule has 1 aromatic rings. The van der Waals surface area contributed by atoms with Crippen molar-refractivity contribution in [3.8, 4) is 0 Å². The molecule has 1 aliphatic carbocycles. The van der Waals surface area contributed by atoms with Crippen molar-refractivity contribution in [3.63, 3.8) is 0 Å². The molecular formula is C18H22N2O5. The number of hydrogen-bond acceptors (Lipinski definition) is 5.